The lowest BCUT2D eigenvalue weighted by atomic mass is 10.2. The van der Waals surface area contributed by atoms with Crippen LogP contribution in [0.2, 0.25) is 0 Å². The van der Waals surface area contributed by atoms with Crippen molar-refractivity contribution in [1.82, 2.24) is 15.6 Å². The van der Waals surface area contributed by atoms with Crippen LogP contribution >= 0.6 is 0 Å². The van der Waals surface area contributed by atoms with Crippen molar-refractivity contribution in [3.8, 4) is 11.5 Å². The third-order valence-corrected chi connectivity index (χ3v) is 3.72. The zero-order chi connectivity index (χ0) is 18.1. The van der Waals surface area contributed by atoms with Crippen molar-refractivity contribution in [3.63, 3.8) is 0 Å². The molecule has 134 valence electrons. The molecule has 0 aliphatic carbocycles. The van der Waals surface area contributed by atoms with Crippen LogP contribution in [0.25, 0.3) is 0 Å². The lowest BCUT2D eigenvalue weighted by Crippen LogP contribution is -2.41. The number of hydrogen-bond acceptors (Lipinski definition) is 4. The summed E-state index contributed by atoms with van der Waals surface area (Å²) in [6.07, 6.45) is 1.75. The Morgan fingerprint density at radius 1 is 1.16 bits per heavy atom. The number of nitrogens with one attached hydrogen (secondary N) is 2. The number of nitrogens with zero attached hydrogens (tertiary/aromatic N) is 2. The topological polar surface area (TPSA) is 67.8 Å². The Hall–Kier alpha value is -2.76. The van der Waals surface area contributed by atoms with Crippen molar-refractivity contribution in [2.75, 3.05) is 20.7 Å². The van der Waals surface area contributed by atoms with Crippen LogP contribution in [0.3, 0.4) is 0 Å². The second-order valence-electron chi connectivity index (χ2n) is 5.65. The van der Waals surface area contributed by atoms with E-state index in [9.17, 15) is 0 Å². The van der Waals surface area contributed by atoms with Crippen molar-refractivity contribution in [2.45, 2.75) is 26.5 Å². The summed E-state index contributed by atoms with van der Waals surface area (Å²) in [7, 11) is 3.38. The van der Waals surface area contributed by atoms with E-state index < -0.39 is 0 Å². The minimum atomic E-state index is -0.0496. The molecular formula is C19H26N4O2. The molecule has 1 aromatic heterocycles. The van der Waals surface area contributed by atoms with Crippen LogP contribution < -0.4 is 20.1 Å². The van der Waals surface area contributed by atoms with Crippen LogP contribution in [-0.4, -0.2) is 37.7 Å². The second kappa shape index (κ2) is 9.52. The predicted molar refractivity (Wildman–Crippen MR) is 100 cm³/mol. The Bertz CT molecular complexity index is 703. The number of methoxy groups -OCH3 is 1. The molecular weight excluding hydrogens is 316 g/mol. The molecule has 1 atom stereocenters. The van der Waals surface area contributed by atoms with E-state index in [2.05, 4.69) is 20.6 Å². The molecule has 0 amide bonds. The van der Waals surface area contributed by atoms with E-state index in [0.29, 0.717) is 19.0 Å². The summed E-state index contributed by atoms with van der Waals surface area (Å²) in [5.41, 5.74) is 2.15. The Labute approximate surface area is 149 Å². The number of aliphatic imine (C=N–C) groups is 1. The number of para-hydroxylation sites is 2. The molecule has 0 aliphatic rings. The minimum absolute atomic E-state index is 0.0496. The third kappa shape index (κ3) is 5.67. The average molecular weight is 342 g/mol. The molecule has 1 unspecified atom stereocenters. The van der Waals surface area contributed by atoms with Crippen LogP contribution in [0.1, 0.15) is 18.2 Å². The van der Waals surface area contributed by atoms with Gasteiger partial charge in [0.1, 0.15) is 6.10 Å². The quantitative estimate of drug-likeness (QED) is 0.598. The second-order valence-corrected chi connectivity index (χ2v) is 5.65. The summed E-state index contributed by atoms with van der Waals surface area (Å²) >= 11 is 0. The highest BCUT2D eigenvalue weighted by Gasteiger charge is 2.09. The van der Waals surface area contributed by atoms with Crippen LogP contribution in [0.15, 0.2) is 47.6 Å². The number of benzene rings is 1. The maximum atomic E-state index is 5.93. The highest BCUT2D eigenvalue weighted by atomic mass is 16.5. The fraction of sp³-hybridized carbons (Fsp3) is 0.368. The molecule has 2 N–H and O–H groups in total. The van der Waals surface area contributed by atoms with Gasteiger partial charge in [-0.1, -0.05) is 18.2 Å². The van der Waals surface area contributed by atoms with Gasteiger partial charge in [0, 0.05) is 13.2 Å². The molecule has 1 heterocycles. The molecule has 2 aromatic rings. The number of pyridine rings is 1. The van der Waals surface area contributed by atoms with E-state index in [0.717, 1.165) is 22.8 Å². The average Bonchev–Trinajstić information content (AvgIpc) is 2.63. The molecule has 0 saturated heterocycles. The first-order chi connectivity index (χ1) is 12.1. The predicted octanol–water partition coefficient (Wildman–Crippen LogP) is 2.53. The lowest BCUT2D eigenvalue weighted by molar-refractivity contribution is 0.213. The van der Waals surface area contributed by atoms with Gasteiger partial charge >= 0.3 is 0 Å². The van der Waals surface area contributed by atoms with Gasteiger partial charge in [-0.25, -0.2) is 0 Å². The number of hydrogen-bond donors (Lipinski definition) is 2. The molecule has 6 nitrogen and oxygen atoms in total. The van der Waals surface area contributed by atoms with E-state index in [4.69, 9.17) is 9.47 Å². The minimum Gasteiger partial charge on any atom is -0.493 e. The van der Waals surface area contributed by atoms with Crippen LogP contribution in [0, 0.1) is 6.92 Å². The Morgan fingerprint density at radius 3 is 2.60 bits per heavy atom. The summed E-state index contributed by atoms with van der Waals surface area (Å²) in [5, 5.41) is 6.53. The number of aryl methyl sites for hydroxylation is 1. The first-order valence-corrected chi connectivity index (χ1v) is 8.28. The molecule has 0 fully saturated rings. The zero-order valence-electron chi connectivity index (χ0n) is 15.2. The summed E-state index contributed by atoms with van der Waals surface area (Å²) < 4.78 is 11.2. The highest BCUT2D eigenvalue weighted by molar-refractivity contribution is 5.79. The maximum Gasteiger partial charge on any atom is 0.191 e. The van der Waals surface area contributed by atoms with Gasteiger partial charge in [-0.15, -0.1) is 0 Å². The van der Waals surface area contributed by atoms with Gasteiger partial charge in [-0.3, -0.25) is 9.98 Å². The highest BCUT2D eigenvalue weighted by Crippen LogP contribution is 2.26. The van der Waals surface area contributed by atoms with E-state index >= 15 is 0 Å². The van der Waals surface area contributed by atoms with Crippen molar-refractivity contribution in [2.24, 2.45) is 4.99 Å². The van der Waals surface area contributed by atoms with Gasteiger partial charge in [0.05, 0.1) is 25.9 Å². The van der Waals surface area contributed by atoms with Gasteiger partial charge in [0.2, 0.25) is 0 Å². The third-order valence-electron chi connectivity index (χ3n) is 3.72. The fourth-order valence-corrected chi connectivity index (χ4v) is 2.31. The van der Waals surface area contributed by atoms with Crippen molar-refractivity contribution >= 4 is 5.96 Å². The summed E-state index contributed by atoms with van der Waals surface area (Å²) in [5.74, 6) is 2.16. The molecule has 0 spiro atoms. The van der Waals surface area contributed by atoms with Gasteiger partial charge in [-0.05, 0) is 37.6 Å². The Morgan fingerprint density at radius 2 is 1.92 bits per heavy atom. The van der Waals surface area contributed by atoms with Gasteiger partial charge in [-0.2, -0.15) is 0 Å². The molecule has 0 aliphatic heterocycles. The van der Waals surface area contributed by atoms with E-state index in [1.165, 1.54) is 0 Å². The SMILES string of the molecule is CN=C(NCc1ncccc1C)NCC(C)Oc1ccccc1OC. The molecule has 0 bridgehead atoms. The van der Waals surface area contributed by atoms with Gasteiger partial charge < -0.3 is 20.1 Å². The first-order valence-electron chi connectivity index (χ1n) is 8.28. The molecule has 1 aromatic carbocycles. The van der Waals surface area contributed by atoms with E-state index in [1.54, 1.807) is 20.4 Å². The molecule has 2 rings (SSSR count). The lowest BCUT2D eigenvalue weighted by Gasteiger charge is -2.19. The zero-order valence-corrected chi connectivity index (χ0v) is 15.2. The van der Waals surface area contributed by atoms with Crippen LogP contribution in [0.4, 0.5) is 0 Å². The summed E-state index contributed by atoms with van der Waals surface area (Å²) in [6.45, 7) is 5.27. The largest absolute Gasteiger partial charge is 0.493 e. The first kappa shape index (κ1) is 18.6. The van der Waals surface area contributed by atoms with E-state index in [1.807, 2.05) is 50.2 Å². The summed E-state index contributed by atoms with van der Waals surface area (Å²) in [6, 6.07) is 11.6. The van der Waals surface area contributed by atoms with Gasteiger partial charge in [0.15, 0.2) is 17.5 Å². The smallest absolute Gasteiger partial charge is 0.191 e. The normalized spacial score (nSPS) is 12.4. The monoisotopic (exact) mass is 342 g/mol. The fourth-order valence-electron chi connectivity index (χ4n) is 2.31. The van der Waals surface area contributed by atoms with Crippen molar-refractivity contribution in [3.05, 3.63) is 53.9 Å². The molecule has 0 radical (unpaired) electrons. The Kier molecular flexibility index (Phi) is 7.07. The molecule has 0 saturated carbocycles. The van der Waals surface area contributed by atoms with Crippen LogP contribution in [0.5, 0.6) is 11.5 Å². The number of guanidine groups is 1. The Balaban J connectivity index is 1.83. The van der Waals surface area contributed by atoms with Gasteiger partial charge in [0.25, 0.3) is 0 Å². The summed E-state index contributed by atoms with van der Waals surface area (Å²) in [4.78, 5) is 8.60. The van der Waals surface area contributed by atoms with Crippen LogP contribution in [-0.2, 0) is 6.54 Å². The molecule has 6 heteroatoms. The number of rotatable bonds is 7. The van der Waals surface area contributed by atoms with Crippen molar-refractivity contribution < 1.29 is 9.47 Å². The standard InChI is InChI=1S/C19H26N4O2/c1-14-8-7-11-21-16(14)13-23-19(20-3)22-12-15(2)25-18-10-6-5-9-17(18)24-4/h5-11,15H,12-13H2,1-4H3,(H2,20,22,23). The van der Waals surface area contributed by atoms with Crippen molar-refractivity contribution in [1.29, 1.82) is 0 Å². The maximum absolute atomic E-state index is 5.93. The number of aromatic nitrogens is 1. The number of ether oxygens (including phenoxy) is 2. The van der Waals surface area contributed by atoms with E-state index in [-0.39, 0.29) is 6.10 Å². The molecule has 25 heavy (non-hydrogen) atoms.